The van der Waals surface area contributed by atoms with Crippen LogP contribution < -0.4 is 15.2 Å². The highest BCUT2D eigenvalue weighted by molar-refractivity contribution is 7.92. The molecule has 0 radical (unpaired) electrons. The van der Waals surface area contributed by atoms with Gasteiger partial charge in [0.2, 0.25) is 10.0 Å². The Morgan fingerprint density at radius 2 is 1.68 bits per heavy atom. The third-order valence-electron chi connectivity index (χ3n) is 5.05. The van der Waals surface area contributed by atoms with Gasteiger partial charge in [0.25, 0.3) is 0 Å². The van der Waals surface area contributed by atoms with E-state index in [0.29, 0.717) is 33.9 Å². The van der Waals surface area contributed by atoms with Crippen molar-refractivity contribution >= 4 is 38.3 Å². The molecule has 0 spiro atoms. The van der Waals surface area contributed by atoms with Gasteiger partial charge < -0.3 is 15.6 Å². The fourth-order valence-corrected chi connectivity index (χ4v) is 4.08. The van der Waals surface area contributed by atoms with Crippen molar-refractivity contribution in [2.24, 2.45) is 5.73 Å². The normalized spacial score (nSPS) is 11.2. The number of carboxylic acid groups (broad SMARTS) is 1. The highest BCUT2D eigenvalue weighted by atomic mass is 32.2. The second kappa shape index (κ2) is 8.87. The molecule has 0 saturated heterocycles. The molecule has 8 nitrogen and oxygen atoms in total. The summed E-state index contributed by atoms with van der Waals surface area (Å²) in [5.74, 6) is -0.142. The Hall–Kier alpha value is -4.37. The summed E-state index contributed by atoms with van der Waals surface area (Å²) in [5.41, 5.74) is 7.68. The van der Waals surface area contributed by atoms with Crippen molar-refractivity contribution in [1.29, 1.82) is 5.41 Å². The molecule has 9 heteroatoms. The van der Waals surface area contributed by atoms with Crippen LogP contribution in [0.15, 0.2) is 78.9 Å². The van der Waals surface area contributed by atoms with E-state index in [0.717, 1.165) is 17.0 Å². The summed E-state index contributed by atoms with van der Waals surface area (Å²) >= 11 is 0. The Kier molecular flexibility index (Phi) is 5.95. The number of hydrogen-bond donors (Lipinski definition) is 4. The van der Waals surface area contributed by atoms with Gasteiger partial charge in [-0.05, 0) is 64.9 Å². The lowest BCUT2D eigenvalue weighted by Gasteiger charge is -2.15. The Bertz CT molecular complexity index is 1550. The molecule has 0 saturated carbocycles. The largest absolute Gasteiger partial charge is 0.478 e. The Balaban J connectivity index is 1.77. The lowest BCUT2D eigenvalue weighted by Crippen LogP contribution is -2.10. The van der Waals surface area contributed by atoms with Crippen LogP contribution in [0.3, 0.4) is 0 Å². The zero-order valence-electron chi connectivity index (χ0n) is 18.1. The molecule has 0 atom stereocenters. The first-order valence-corrected chi connectivity index (χ1v) is 12.0. The summed E-state index contributed by atoms with van der Waals surface area (Å²) in [6.45, 7) is 0. The van der Waals surface area contributed by atoms with E-state index in [1.54, 1.807) is 42.5 Å². The van der Waals surface area contributed by atoms with E-state index in [1.807, 2.05) is 24.3 Å². The number of ether oxygens (including phenoxy) is 1. The number of sulfonamides is 1. The zero-order chi connectivity index (χ0) is 24.5. The monoisotopic (exact) mass is 475 g/mol. The topological polar surface area (TPSA) is 143 Å². The Morgan fingerprint density at radius 3 is 2.38 bits per heavy atom. The van der Waals surface area contributed by atoms with Gasteiger partial charge >= 0.3 is 5.97 Å². The summed E-state index contributed by atoms with van der Waals surface area (Å²) in [6.07, 6.45) is 1.05. The number of aromatic carboxylic acids is 1. The van der Waals surface area contributed by atoms with E-state index < -0.39 is 16.0 Å². The number of hydrogen-bond acceptors (Lipinski definition) is 5. The molecule has 34 heavy (non-hydrogen) atoms. The maximum atomic E-state index is 11.7. The summed E-state index contributed by atoms with van der Waals surface area (Å²) in [6, 6.07) is 22.0. The third kappa shape index (κ3) is 5.16. The molecule has 0 aromatic heterocycles. The lowest BCUT2D eigenvalue weighted by molar-refractivity contribution is 0.0697. The average Bonchev–Trinajstić information content (AvgIpc) is 2.78. The predicted octanol–water partition coefficient (Wildman–Crippen LogP) is 4.65. The molecule has 0 fully saturated rings. The molecule has 0 aliphatic rings. The Morgan fingerprint density at radius 1 is 0.941 bits per heavy atom. The predicted molar refractivity (Wildman–Crippen MR) is 132 cm³/mol. The number of nitrogen functional groups attached to an aromatic ring is 1. The smallest absolute Gasteiger partial charge is 0.335 e. The number of carbonyl (C=O) groups is 1. The first kappa shape index (κ1) is 22.8. The van der Waals surface area contributed by atoms with Crippen LogP contribution in [0.25, 0.3) is 21.9 Å². The van der Waals surface area contributed by atoms with Crippen LogP contribution in [-0.2, 0) is 10.0 Å². The first-order valence-electron chi connectivity index (χ1n) is 10.1. The minimum Gasteiger partial charge on any atom is -0.478 e. The maximum absolute atomic E-state index is 11.7. The van der Waals surface area contributed by atoms with Crippen molar-refractivity contribution < 1.29 is 23.1 Å². The number of carboxylic acids is 1. The molecule has 4 aromatic rings. The minimum absolute atomic E-state index is 0.0155. The van der Waals surface area contributed by atoms with Gasteiger partial charge in [-0.2, -0.15) is 0 Å². The van der Waals surface area contributed by atoms with Crippen molar-refractivity contribution in [2.75, 3.05) is 11.0 Å². The van der Waals surface area contributed by atoms with Gasteiger partial charge in [0.1, 0.15) is 17.3 Å². The number of nitrogens with two attached hydrogens (primary N) is 1. The van der Waals surface area contributed by atoms with Crippen LogP contribution in [0.5, 0.6) is 11.5 Å². The number of benzene rings is 4. The molecule has 4 aromatic carbocycles. The van der Waals surface area contributed by atoms with Gasteiger partial charge in [-0.15, -0.1) is 0 Å². The van der Waals surface area contributed by atoms with Gasteiger partial charge in [0.05, 0.1) is 11.8 Å². The number of fused-ring (bicyclic) bond motifs is 1. The van der Waals surface area contributed by atoms with E-state index in [4.69, 9.17) is 15.9 Å². The molecule has 0 amide bonds. The van der Waals surface area contributed by atoms with Crippen LogP contribution in [-0.4, -0.2) is 31.6 Å². The highest BCUT2D eigenvalue weighted by Crippen LogP contribution is 2.37. The van der Waals surface area contributed by atoms with E-state index in [9.17, 15) is 18.3 Å². The molecule has 4 rings (SSSR count). The van der Waals surface area contributed by atoms with Crippen LogP contribution in [0.2, 0.25) is 0 Å². The quantitative estimate of drug-likeness (QED) is 0.226. The van der Waals surface area contributed by atoms with E-state index >= 15 is 0 Å². The summed E-state index contributed by atoms with van der Waals surface area (Å²) < 4.78 is 32.0. The number of rotatable bonds is 7. The SMILES string of the molecule is CS(=O)(=O)Nc1ccc(Oc2ccc3cc(C(=N)N)ccc3c2)c(-c2cccc(C(=O)O)c2)c1. The van der Waals surface area contributed by atoms with Crippen molar-refractivity contribution in [3.8, 4) is 22.6 Å². The fraction of sp³-hybridized carbons (Fsp3) is 0.0400. The van der Waals surface area contributed by atoms with Crippen LogP contribution >= 0.6 is 0 Å². The van der Waals surface area contributed by atoms with E-state index in [2.05, 4.69) is 4.72 Å². The minimum atomic E-state index is -3.51. The summed E-state index contributed by atoms with van der Waals surface area (Å²) in [7, 11) is -3.51. The standard InChI is InChI=1S/C25H21N3O5S/c1-34(31,32)28-20-8-10-23(22(14-20)17-3-2-4-19(12-17)25(29)30)33-21-9-7-15-11-18(24(26)27)6-5-16(15)13-21/h2-14,28H,1H3,(H3,26,27)(H,29,30). The van der Waals surface area contributed by atoms with Crippen molar-refractivity contribution in [3.05, 3.63) is 90.0 Å². The molecule has 0 heterocycles. The van der Waals surface area contributed by atoms with Gasteiger partial charge in [-0.3, -0.25) is 10.1 Å². The van der Waals surface area contributed by atoms with Gasteiger partial charge in [0, 0.05) is 16.8 Å². The van der Waals surface area contributed by atoms with Crippen LogP contribution in [0, 0.1) is 5.41 Å². The van der Waals surface area contributed by atoms with Crippen LogP contribution in [0.4, 0.5) is 5.69 Å². The average molecular weight is 476 g/mol. The van der Waals surface area contributed by atoms with E-state index in [-0.39, 0.29) is 11.4 Å². The van der Waals surface area contributed by atoms with Gasteiger partial charge in [0.15, 0.2) is 0 Å². The lowest BCUT2D eigenvalue weighted by atomic mass is 10.0. The van der Waals surface area contributed by atoms with Crippen molar-refractivity contribution in [2.45, 2.75) is 0 Å². The molecule has 5 N–H and O–H groups in total. The second-order valence-corrected chi connectivity index (χ2v) is 9.46. The van der Waals surface area contributed by atoms with E-state index in [1.165, 1.54) is 12.1 Å². The molecule has 0 unspecified atom stereocenters. The van der Waals surface area contributed by atoms with Gasteiger partial charge in [-0.1, -0.05) is 30.3 Å². The van der Waals surface area contributed by atoms with Gasteiger partial charge in [-0.25, -0.2) is 13.2 Å². The molecule has 0 aliphatic carbocycles. The molecular weight excluding hydrogens is 454 g/mol. The summed E-state index contributed by atoms with van der Waals surface area (Å²) in [5, 5.41) is 18.7. The zero-order valence-corrected chi connectivity index (χ0v) is 18.9. The third-order valence-corrected chi connectivity index (χ3v) is 5.66. The molecular formula is C25H21N3O5S. The number of anilines is 1. The molecule has 0 bridgehead atoms. The first-order chi connectivity index (χ1) is 16.1. The summed E-state index contributed by atoms with van der Waals surface area (Å²) in [4.78, 5) is 11.5. The maximum Gasteiger partial charge on any atom is 0.335 e. The highest BCUT2D eigenvalue weighted by Gasteiger charge is 2.14. The number of amidine groups is 1. The fourth-order valence-electron chi connectivity index (χ4n) is 3.52. The number of nitrogens with one attached hydrogen (secondary N) is 2. The second-order valence-electron chi connectivity index (χ2n) is 7.71. The molecule has 172 valence electrons. The van der Waals surface area contributed by atoms with Crippen molar-refractivity contribution in [3.63, 3.8) is 0 Å². The van der Waals surface area contributed by atoms with Crippen LogP contribution in [0.1, 0.15) is 15.9 Å². The molecule has 0 aliphatic heterocycles. The Labute approximate surface area is 196 Å². The van der Waals surface area contributed by atoms with Crippen molar-refractivity contribution in [1.82, 2.24) is 0 Å².